The molecule has 2 rings (SSSR count). The summed E-state index contributed by atoms with van der Waals surface area (Å²) in [5.41, 5.74) is 10.2. The van der Waals surface area contributed by atoms with Gasteiger partial charge in [-0.05, 0) is 90.0 Å². The van der Waals surface area contributed by atoms with E-state index in [1.54, 1.807) is 5.57 Å². The molecule has 0 saturated carbocycles. The Balaban J connectivity index is 1.88. The maximum absolute atomic E-state index is 2.41. The van der Waals surface area contributed by atoms with E-state index in [2.05, 4.69) is 160 Å². The Hall–Kier alpha value is -2.86. The van der Waals surface area contributed by atoms with Gasteiger partial charge in [0.05, 0.1) is 0 Å². The predicted molar refractivity (Wildman–Crippen MR) is 181 cm³/mol. The van der Waals surface area contributed by atoms with E-state index < -0.39 is 0 Å². The molecule has 0 aromatic carbocycles. The van der Waals surface area contributed by atoms with Crippen LogP contribution in [0.15, 0.2) is 130 Å². The Labute approximate surface area is 247 Å². The van der Waals surface area contributed by atoms with E-state index in [1.807, 2.05) is 0 Å². The summed E-state index contributed by atoms with van der Waals surface area (Å²) in [5, 5.41) is 0. The van der Waals surface area contributed by atoms with Gasteiger partial charge in [0, 0.05) is 5.92 Å². The van der Waals surface area contributed by atoms with Gasteiger partial charge in [-0.2, -0.15) is 0 Å². The van der Waals surface area contributed by atoms with E-state index in [0.29, 0.717) is 16.7 Å². The zero-order chi connectivity index (χ0) is 29.8. The minimum atomic E-state index is 0.291. The van der Waals surface area contributed by atoms with Crippen molar-refractivity contribution in [3.8, 4) is 0 Å². The molecule has 0 fully saturated rings. The molecule has 0 heterocycles. The summed E-state index contributed by atoms with van der Waals surface area (Å²) < 4.78 is 0. The molecule has 2 aliphatic carbocycles. The van der Waals surface area contributed by atoms with Crippen molar-refractivity contribution >= 4 is 0 Å². The topological polar surface area (TPSA) is 0 Å². The van der Waals surface area contributed by atoms with Crippen LogP contribution in [0.4, 0.5) is 0 Å². The molecule has 0 aliphatic heterocycles. The zero-order valence-corrected chi connectivity index (χ0v) is 27.3. The minimum Gasteiger partial charge on any atom is -0.0850 e. The van der Waals surface area contributed by atoms with Gasteiger partial charge in [-0.15, -0.1) is 0 Å². The Morgan fingerprint density at radius 3 is 1.77 bits per heavy atom. The fourth-order valence-electron chi connectivity index (χ4n) is 5.80. The molecule has 216 valence electrons. The van der Waals surface area contributed by atoms with Gasteiger partial charge in [0.2, 0.25) is 0 Å². The van der Waals surface area contributed by atoms with Crippen molar-refractivity contribution in [2.75, 3.05) is 0 Å². The van der Waals surface area contributed by atoms with Crippen molar-refractivity contribution in [2.24, 2.45) is 16.7 Å². The standard InChI is InChI=1S/C40H56/c1-31(19-13-21-33(3)25-27-37-35(5)23-15-29-39(37,7)8)17-11-12-18-32(2)20-14-22-34(4)26-28-38-36(6)24-16-30-40(38,9)10/h11-14,17-23,25-28,37H,15-16,24,29-30H2,1-10H3. The summed E-state index contributed by atoms with van der Waals surface area (Å²) in [7, 11) is 0. The smallest absolute Gasteiger partial charge is 0.00285 e. The molecule has 0 aromatic heterocycles. The molecule has 0 heteroatoms. The first kappa shape index (κ1) is 33.3. The maximum Gasteiger partial charge on any atom is 0.00285 e. The molecule has 0 amide bonds. The van der Waals surface area contributed by atoms with Gasteiger partial charge in [0.15, 0.2) is 0 Å². The molecule has 1 unspecified atom stereocenters. The average molecular weight is 537 g/mol. The van der Waals surface area contributed by atoms with Crippen LogP contribution in [0.2, 0.25) is 0 Å². The number of allylic oxidation sites excluding steroid dienone is 22. The molecule has 0 saturated heterocycles. The van der Waals surface area contributed by atoms with Gasteiger partial charge in [-0.3, -0.25) is 0 Å². The first-order valence-electron chi connectivity index (χ1n) is 15.3. The lowest BCUT2D eigenvalue weighted by Crippen LogP contribution is -2.26. The lowest BCUT2D eigenvalue weighted by molar-refractivity contribution is 0.255. The van der Waals surface area contributed by atoms with Crippen LogP contribution in [0.3, 0.4) is 0 Å². The molecule has 0 aromatic rings. The van der Waals surface area contributed by atoms with Gasteiger partial charge in [0.25, 0.3) is 0 Å². The summed E-state index contributed by atoms with van der Waals surface area (Å²) in [4.78, 5) is 0. The molecule has 0 spiro atoms. The monoisotopic (exact) mass is 536 g/mol. The Kier molecular flexibility index (Phi) is 13.2. The van der Waals surface area contributed by atoms with Crippen LogP contribution in [0.5, 0.6) is 0 Å². The lowest BCUT2D eigenvalue weighted by Gasteiger charge is -2.36. The van der Waals surface area contributed by atoms with Crippen LogP contribution in [0.25, 0.3) is 0 Å². The Bertz CT molecular complexity index is 1200. The second-order valence-corrected chi connectivity index (χ2v) is 13.3. The largest absolute Gasteiger partial charge is 0.0850 e. The molecule has 2 aliphatic rings. The third kappa shape index (κ3) is 11.3. The quantitative estimate of drug-likeness (QED) is 0.192. The first-order chi connectivity index (χ1) is 18.8. The van der Waals surface area contributed by atoms with Gasteiger partial charge in [0.1, 0.15) is 0 Å². The molecular weight excluding hydrogens is 480 g/mol. The number of hydrogen-bond donors (Lipinski definition) is 0. The summed E-state index contributed by atoms with van der Waals surface area (Å²) in [5.74, 6) is 0.532. The summed E-state index contributed by atoms with van der Waals surface area (Å²) in [6, 6.07) is 0. The summed E-state index contributed by atoms with van der Waals surface area (Å²) in [6.45, 7) is 22.7. The van der Waals surface area contributed by atoms with E-state index in [9.17, 15) is 0 Å². The lowest BCUT2D eigenvalue weighted by atomic mass is 9.68. The SMILES string of the molecule is CC(C=CC=C(C)C=CC1=C(C)CCCC1(C)C)=CC=CC=C(C)C=CC=C(C)C=CC1C(C)=CCCC1(C)C. The normalized spacial score (nSPS) is 23.6. The van der Waals surface area contributed by atoms with Crippen LogP contribution in [0.1, 0.15) is 101 Å². The van der Waals surface area contributed by atoms with Crippen molar-refractivity contribution in [3.05, 3.63) is 130 Å². The van der Waals surface area contributed by atoms with Crippen LogP contribution in [-0.4, -0.2) is 0 Å². The summed E-state index contributed by atoms with van der Waals surface area (Å²) in [6.07, 6.45) is 39.5. The Morgan fingerprint density at radius 1 is 0.700 bits per heavy atom. The molecule has 0 N–H and O–H groups in total. The van der Waals surface area contributed by atoms with Crippen LogP contribution in [-0.2, 0) is 0 Å². The number of hydrogen-bond acceptors (Lipinski definition) is 0. The van der Waals surface area contributed by atoms with Gasteiger partial charge >= 0.3 is 0 Å². The highest BCUT2D eigenvalue weighted by atomic mass is 14.3. The molecular formula is C40H56. The van der Waals surface area contributed by atoms with Gasteiger partial charge in [-0.25, -0.2) is 0 Å². The average Bonchev–Trinajstić information content (AvgIpc) is 2.85. The molecule has 40 heavy (non-hydrogen) atoms. The third-order valence-corrected chi connectivity index (χ3v) is 8.46. The van der Waals surface area contributed by atoms with Crippen molar-refractivity contribution in [1.82, 2.24) is 0 Å². The molecule has 0 nitrogen and oxygen atoms in total. The maximum atomic E-state index is 2.41. The second-order valence-electron chi connectivity index (χ2n) is 13.3. The highest BCUT2D eigenvalue weighted by Crippen LogP contribution is 2.42. The predicted octanol–water partition coefficient (Wildman–Crippen LogP) is 12.5. The fourth-order valence-corrected chi connectivity index (χ4v) is 5.80. The third-order valence-electron chi connectivity index (χ3n) is 8.46. The van der Waals surface area contributed by atoms with Crippen molar-refractivity contribution in [3.63, 3.8) is 0 Å². The fraction of sp³-hybridized carbons (Fsp3) is 0.450. The molecule has 1 atom stereocenters. The van der Waals surface area contributed by atoms with Crippen LogP contribution >= 0.6 is 0 Å². The highest BCUT2D eigenvalue weighted by Gasteiger charge is 2.30. The highest BCUT2D eigenvalue weighted by molar-refractivity contribution is 5.37. The minimum absolute atomic E-state index is 0.291. The number of rotatable bonds is 10. The van der Waals surface area contributed by atoms with Crippen molar-refractivity contribution in [2.45, 2.75) is 101 Å². The van der Waals surface area contributed by atoms with Crippen molar-refractivity contribution in [1.29, 1.82) is 0 Å². The van der Waals surface area contributed by atoms with E-state index in [4.69, 9.17) is 0 Å². The van der Waals surface area contributed by atoms with E-state index >= 15 is 0 Å². The second kappa shape index (κ2) is 15.8. The zero-order valence-electron chi connectivity index (χ0n) is 27.3. The van der Waals surface area contributed by atoms with Crippen LogP contribution < -0.4 is 0 Å². The molecule has 0 bridgehead atoms. The van der Waals surface area contributed by atoms with E-state index in [0.717, 1.165) is 0 Å². The van der Waals surface area contributed by atoms with E-state index in [1.165, 1.54) is 65.5 Å². The Morgan fingerprint density at radius 2 is 1.23 bits per heavy atom. The van der Waals surface area contributed by atoms with Gasteiger partial charge in [-0.1, -0.05) is 152 Å². The first-order valence-corrected chi connectivity index (χ1v) is 15.3. The van der Waals surface area contributed by atoms with E-state index in [-0.39, 0.29) is 0 Å². The summed E-state index contributed by atoms with van der Waals surface area (Å²) >= 11 is 0. The van der Waals surface area contributed by atoms with Crippen molar-refractivity contribution < 1.29 is 0 Å². The van der Waals surface area contributed by atoms with Gasteiger partial charge < -0.3 is 0 Å². The van der Waals surface area contributed by atoms with Crippen LogP contribution in [0, 0.1) is 16.7 Å². The molecule has 0 radical (unpaired) electrons.